The van der Waals surface area contributed by atoms with Gasteiger partial charge in [-0.15, -0.1) is 0 Å². The molecule has 0 radical (unpaired) electrons. The molecule has 1 aliphatic heterocycles. The molecule has 3 nitrogen and oxygen atoms in total. The molecule has 1 aromatic rings. The third-order valence-corrected chi connectivity index (χ3v) is 5.32. The standard InChI is InChI=1S/C18H21NO2S/c1-13-7-9-14(10-8-13)11-16-17(20)19(18(21)22-16)12-15-5-3-2-4-6-15/h7-11,15H,2-6,12H2,1H3/b16-11+. The van der Waals surface area contributed by atoms with E-state index in [1.807, 2.05) is 37.3 Å². The van der Waals surface area contributed by atoms with E-state index in [1.54, 1.807) is 0 Å². The average molecular weight is 315 g/mol. The summed E-state index contributed by atoms with van der Waals surface area (Å²) in [4.78, 5) is 26.6. The molecular weight excluding hydrogens is 294 g/mol. The lowest BCUT2D eigenvalue weighted by atomic mass is 9.89. The molecule has 3 rings (SSSR count). The number of hydrogen-bond acceptors (Lipinski definition) is 3. The van der Waals surface area contributed by atoms with Crippen LogP contribution in [0.2, 0.25) is 0 Å². The minimum absolute atomic E-state index is 0.117. The molecule has 2 fully saturated rings. The fraction of sp³-hybridized carbons (Fsp3) is 0.444. The first-order valence-corrected chi connectivity index (χ1v) is 8.77. The molecule has 2 aliphatic rings. The van der Waals surface area contributed by atoms with E-state index >= 15 is 0 Å². The van der Waals surface area contributed by atoms with Crippen LogP contribution in [0.25, 0.3) is 6.08 Å². The minimum Gasteiger partial charge on any atom is -0.268 e. The topological polar surface area (TPSA) is 37.4 Å². The maximum Gasteiger partial charge on any atom is 0.293 e. The molecule has 0 bridgehead atoms. The molecule has 1 heterocycles. The second-order valence-corrected chi connectivity index (χ2v) is 7.20. The van der Waals surface area contributed by atoms with Crippen molar-refractivity contribution in [1.82, 2.24) is 4.90 Å². The largest absolute Gasteiger partial charge is 0.293 e. The predicted molar refractivity (Wildman–Crippen MR) is 90.4 cm³/mol. The molecule has 116 valence electrons. The van der Waals surface area contributed by atoms with Gasteiger partial charge in [0.05, 0.1) is 4.91 Å². The molecule has 0 atom stereocenters. The number of rotatable bonds is 3. The van der Waals surface area contributed by atoms with Crippen LogP contribution < -0.4 is 0 Å². The normalized spacial score (nSPS) is 21.9. The van der Waals surface area contributed by atoms with Crippen LogP contribution in [0.3, 0.4) is 0 Å². The number of benzene rings is 1. The van der Waals surface area contributed by atoms with Crippen molar-refractivity contribution in [3.8, 4) is 0 Å². The second kappa shape index (κ2) is 6.69. The van der Waals surface area contributed by atoms with Crippen molar-refractivity contribution >= 4 is 29.0 Å². The van der Waals surface area contributed by atoms with E-state index in [4.69, 9.17) is 0 Å². The zero-order valence-corrected chi connectivity index (χ0v) is 13.7. The summed E-state index contributed by atoms with van der Waals surface area (Å²) in [6, 6.07) is 7.98. The van der Waals surface area contributed by atoms with Gasteiger partial charge in [0.2, 0.25) is 0 Å². The zero-order chi connectivity index (χ0) is 15.5. The molecule has 1 saturated heterocycles. The fourth-order valence-electron chi connectivity index (χ4n) is 3.10. The maximum atomic E-state index is 12.5. The fourth-order valence-corrected chi connectivity index (χ4v) is 3.95. The van der Waals surface area contributed by atoms with E-state index in [2.05, 4.69) is 0 Å². The van der Waals surface area contributed by atoms with Crippen LogP contribution in [0, 0.1) is 12.8 Å². The van der Waals surface area contributed by atoms with Gasteiger partial charge in [0.25, 0.3) is 11.1 Å². The summed E-state index contributed by atoms with van der Waals surface area (Å²) in [6.07, 6.45) is 7.83. The summed E-state index contributed by atoms with van der Waals surface area (Å²) >= 11 is 1.07. The van der Waals surface area contributed by atoms with Crippen molar-refractivity contribution in [2.75, 3.05) is 6.54 Å². The van der Waals surface area contributed by atoms with Gasteiger partial charge in [0.15, 0.2) is 0 Å². The van der Waals surface area contributed by atoms with Gasteiger partial charge in [-0.05, 0) is 49.1 Å². The number of nitrogens with zero attached hydrogens (tertiary/aromatic N) is 1. The summed E-state index contributed by atoms with van der Waals surface area (Å²) in [5.41, 5.74) is 2.15. The molecule has 0 unspecified atom stereocenters. The third-order valence-electron chi connectivity index (χ3n) is 4.41. The molecule has 4 heteroatoms. The van der Waals surface area contributed by atoms with Crippen LogP contribution in [0.15, 0.2) is 29.2 Å². The van der Waals surface area contributed by atoms with Gasteiger partial charge in [-0.1, -0.05) is 49.1 Å². The first kappa shape index (κ1) is 15.3. The Morgan fingerprint density at radius 1 is 1.14 bits per heavy atom. The number of carbonyl (C=O) groups is 2. The Morgan fingerprint density at radius 3 is 2.50 bits per heavy atom. The van der Waals surface area contributed by atoms with Crippen LogP contribution in [0.4, 0.5) is 4.79 Å². The molecule has 1 aliphatic carbocycles. The SMILES string of the molecule is Cc1ccc(/C=C2/SC(=O)N(CC3CCCCC3)C2=O)cc1. The monoisotopic (exact) mass is 315 g/mol. The van der Waals surface area contributed by atoms with Gasteiger partial charge in [0, 0.05) is 6.54 Å². The number of imide groups is 1. The molecule has 0 spiro atoms. The van der Waals surface area contributed by atoms with Crippen molar-refractivity contribution in [2.45, 2.75) is 39.0 Å². The highest BCUT2D eigenvalue weighted by Crippen LogP contribution is 2.34. The Bertz CT molecular complexity index is 600. The van der Waals surface area contributed by atoms with Gasteiger partial charge in [0.1, 0.15) is 0 Å². The molecule has 22 heavy (non-hydrogen) atoms. The van der Waals surface area contributed by atoms with E-state index < -0.39 is 0 Å². The average Bonchev–Trinajstić information content (AvgIpc) is 2.78. The number of aryl methyl sites for hydroxylation is 1. The van der Waals surface area contributed by atoms with Gasteiger partial charge in [-0.2, -0.15) is 0 Å². The zero-order valence-electron chi connectivity index (χ0n) is 12.9. The van der Waals surface area contributed by atoms with Crippen LogP contribution in [-0.4, -0.2) is 22.6 Å². The summed E-state index contributed by atoms with van der Waals surface area (Å²) in [5.74, 6) is 0.363. The van der Waals surface area contributed by atoms with E-state index in [9.17, 15) is 9.59 Å². The lowest BCUT2D eigenvalue weighted by Gasteiger charge is -2.25. The first-order chi connectivity index (χ1) is 10.6. The van der Waals surface area contributed by atoms with E-state index in [-0.39, 0.29) is 11.1 Å². The van der Waals surface area contributed by atoms with E-state index in [0.717, 1.165) is 30.2 Å². The summed E-state index contributed by atoms with van der Waals surface area (Å²) < 4.78 is 0. The van der Waals surface area contributed by atoms with Crippen LogP contribution in [0.5, 0.6) is 0 Å². The molecule has 1 saturated carbocycles. The highest BCUT2D eigenvalue weighted by molar-refractivity contribution is 8.18. The van der Waals surface area contributed by atoms with Crippen molar-refractivity contribution in [3.05, 3.63) is 40.3 Å². The van der Waals surface area contributed by atoms with Crippen LogP contribution in [0.1, 0.15) is 43.2 Å². The third kappa shape index (κ3) is 3.43. The number of carbonyl (C=O) groups excluding carboxylic acids is 2. The molecule has 0 aromatic heterocycles. The minimum atomic E-state index is -0.124. The Hall–Kier alpha value is -1.55. The Kier molecular flexibility index (Phi) is 4.67. The second-order valence-electron chi connectivity index (χ2n) is 6.21. The number of thioether (sulfide) groups is 1. The highest BCUT2D eigenvalue weighted by atomic mass is 32.2. The van der Waals surface area contributed by atoms with Gasteiger partial charge >= 0.3 is 0 Å². The Balaban J connectivity index is 1.71. The van der Waals surface area contributed by atoms with Gasteiger partial charge in [-0.3, -0.25) is 14.5 Å². The lowest BCUT2D eigenvalue weighted by Crippen LogP contribution is -2.34. The Labute approximate surface area is 135 Å². The maximum absolute atomic E-state index is 12.5. The van der Waals surface area contributed by atoms with Crippen LogP contribution >= 0.6 is 11.8 Å². The van der Waals surface area contributed by atoms with Crippen molar-refractivity contribution < 1.29 is 9.59 Å². The smallest absolute Gasteiger partial charge is 0.268 e. The molecule has 1 aromatic carbocycles. The molecular formula is C18H21NO2S. The van der Waals surface area contributed by atoms with Crippen molar-refractivity contribution in [1.29, 1.82) is 0 Å². The lowest BCUT2D eigenvalue weighted by molar-refractivity contribution is -0.123. The van der Waals surface area contributed by atoms with Crippen LogP contribution in [-0.2, 0) is 4.79 Å². The highest BCUT2D eigenvalue weighted by Gasteiger charge is 2.36. The Morgan fingerprint density at radius 2 is 1.82 bits per heavy atom. The first-order valence-electron chi connectivity index (χ1n) is 7.95. The van der Waals surface area contributed by atoms with Crippen molar-refractivity contribution in [2.24, 2.45) is 5.92 Å². The quantitative estimate of drug-likeness (QED) is 0.764. The summed E-state index contributed by atoms with van der Waals surface area (Å²) in [5, 5.41) is -0.117. The van der Waals surface area contributed by atoms with Gasteiger partial charge in [-0.25, -0.2) is 0 Å². The predicted octanol–water partition coefficient (Wildman–Crippen LogP) is 4.61. The van der Waals surface area contributed by atoms with Gasteiger partial charge < -0.3 is 0 Å². The number of hydrogen-bond donors (Lipinski definition) is 0. The summed E-state index contributed by atoms with van der Waals surface area (Å²) in [6.45, 7) is 2.62. The number of amides is 2. The summed E-state index contributed by atoms with van der Waals surface area (Å²) in [7, 11) is 0. The van der Waals surface area contributed by atoms with Crippen molar-refractivity contribution in [3.63, 3.8) is 0 Å². The van der Waals surface area contributed by atoms with E-state index in [1.165, 1.54) is 29.7 Å². The molecule has 0 N–H and O–H groups in total. The molecule has 2 amide bonds. The van der Waals surface area contributed by atoms with E-state index in [0.29, 0.717) is 17.4 Å².